The normalized spacial score (nSPS) is 40.3. The molecule has 0 aromatic heterocycles. The molecule has 1 rings (SSSR count). The van der Waals surface area contributed by atoms with Crippen LogP contribution in [0.25, 0.3) is 0 Å². The minimum atomic E-state index is -4.38. The van der Waals surface area contributed by atoms with Gasteiger partial charge >= 0.3 is 7.91 Å². The SMILES string of the molecule is C#CC1OP(=O)(F)OCC1(C)C. The lowest BCUT2D eigenvalue weighted by atomic mass is 9.88. The van der Waals surface area contributed by atoms with Gasteiger partial charge in [-0.3, -0.25) is 9.05 Å². The number of halogens is 1. The Balaban J connectivity index is 2.82. The van der Waals surface area contributed by atoms with Crippen LogP contribution in [0, 0.1) is 17.8 Å². The fourth-order valence-electron chi connectivity index (χ4n) is 0.874. The van der Waals surface area contributed by atoms with Crippen LogP contribution < -0.4 is 0 Å². The summed E-state index contributed by atoms with van der Waals surface area (Å²) >= 11 is 0. The second-order valence-electron chi connectivity index (χ2n) is 3.34. The van der Waals surface area contributed by atoms with E-state index in [0.29, 0.717) is 0 Å². The van der Waals surface area contributed by atoms with Crippen LogP contribution in [0.5, 0.6) is 0 Å². The Morgan fingerprint density at radius 3 is 2.75 bits per heavy atom. The van der Waals surface area contributed by atoms with Gasteiger partial charge in [-0.25, -0.2) is 4.57 Å². The van der Waals surface area contributed by atoms with Crippen molar-refractivity contribution in [3.05, 3.63) is 0 Å². The Morgan fingerprint density at radius 2 is 2.33 bits per heavy atom. The fraction of sp³-hybridized carbons (Fsp3) is 0.714. The highest BCUT2D eigenvalue weighted by Gasteiger charge is 2.44. The summed E-state index contributed by atoms with van der Waals surface area (Å²) in [7, 11) is -4.38. The molecule has 0 aromatic rings. The Bertz CT molecular complexity index is 268. The zero-order chi connectivity index (χ0) is 9.41. The molecule has 0 aromatic carbocycles. The van der Waals surface area contributed by atoms with Gasteiger partial charge in [0.25, 0.3) is 0 Å². The average molecular weight is 192 g/mol. The van der Waals surface area contributed by atoms with E-state index in [-0.39, 0.29) is 6.61 Å². The molecule has 3 nitrogen and oxygen atoms in total. The molecule has 1 aliphatic rings. The Kier molecular flexibility index (Phi) is 2.31. The molecule has 0 saturated carbocycles. The number of hydrogen-bond acceptors (Lipinski definition) is 3. The van der Waals surface area contributed by atoms with Gasteiger partial charge in [-0.15, -0.1) is 10.6 Å². The quantitative estimate of drug-likeness (QED) is 0.435. The maximum atomic E-state index is 12.7. The fourth-order valence-corrected chi connectivity index (χ4v) is 2.02. The molecule has 0 spiro atoms. The predicted octanol–water partition coefficient (Wildman–Crippen LogP) is 2.14. The molecule has 0 aliphatic carbocycles. The highest BCUT2D eigenvalue weighted by atomic mass is 31.2. The molecule has 12 heavy (non-hydrogen) atoms. The summed E-state index contributed by atoms with van der Waals surface area (Å²) in [6.07, 6.45) is 4.29. The van der Waals surface area contributed by atoms with Crippen molar-refractivity contribution >= 4 is 7.91 Å². The van der Waals surface area contributed by atoms with Crippen molar-refractivity contribution in [2.75, 3.05) is 6.61 Å². The number of terminal acetylenes is 1. The second kappa shape index (κ2) is 2.85. The molecular formula is C7H10FO3P. The van der Waals surface area contributed by atoms with E-state index >= 15 is 0 Å². The van der Waals surface area contributed by atoms with E-state index in [9.17, 15) is 8.76 Å². The summed E-state index contributed by atoms with van der Waals surface area (Å²) in [5.74, 6) is 2.24. The summed E-state index contributed by atoms with van der Waals surface area (Å²) in [5.41, 5.74) is -0.491. The average Bonchev–Trinajstić information content (AvgIpc) is 1.95. The summed E-state index contributed by atoms with van der Waals surface area (Å²) in [6, 6.07) is 0. The molecule has 1 fully saturated rings. The summed E-state index contributed by atoms with van der Waals surface area (Å²) < 4.78 is 32.2. The van der Waals surface area contributed by atoms with Gasteiger partial charge in [0.05, 0.1) is 6.61 Å². The Hall–Kier alpha value is -0.360. The molecule has 0 bridgehead atoms. The van der Waals surface area contributed by atoms with Gasteiger partial charge in [0.1, 0.15) is 6.10 Å². The van der Waals surface area contributed by atoms with Gasteiger partial charge in [0.15, 0.2) is 0 Å². The smallest absolute Gasteiger partial charge is 0.283 e. The minimum absolute atomic E-state index is 0.00957. The molecule has 2 atom stereocenters. The molecule has 68 valence electrons. The first-order valence-electron chi connectivity index (χ1n) is 3.46. The first-order valence-corrected chi connectivity index (χ1v) is 4.89. The second-order valence-corrected chi connectivity index (χ2v) is 4.68. The van der Waals surface area contributed by atoms with Crippen molar-refractivity contribution in [3.63, 3.8) is 0 Å². The maximum absolute atomic E-state index is 12.7. The Labute approximate surface area is 70.9 Å². The largest absolute Gasteiger partial charge is 0.514 e. The van der Waals surface area contributed by atoms with E-state index in [2.05, 4.69) is 15.0 Å². The Morgan fingerprint density at radius 1 is 1.75 bits per heavy atom. The summed E-state index contributed by atoms with van der Waals surface area (Å²) in [4.78, 5) is 0. The lowest BCUT2D eigenvalue weighted by Gasteiger charge is -2.35. The highest BCUT2D eigenvalue weighted by Crippen LogP contribution is 2.57. The van der Waals surface area contributed by atoms with Gasteiger partial charge in [0.2, 0.25) is 0 Å². The molecule has 5 heteroatoms. The lowest BCUT2D eigenvalue weighted by Crippen LogP contribution is -2.37. The zero-order valence-corrected chi connectivity index (χ0v) is 7.81. The van der Waals surface area contributed by atoms with Gasteiger partial charge in [-0.05, 0) is 0 Å². The molecule has 2 unspecified atom stereocenters. The van der Waals surface area contributed by atoms with Crippen LogP contribution >= 0.6 is 7.91 Å². The first kappa shape index (κ1) is 9.73. The first-order chi connectivity index (χ1) is 5.37. The van der Waals surface area contributed by atoms with Crippen LogP contribution in [0.4, 0.5) is 4.20 Å². The molecule has 0 amide bonds. The van der Waals surface area contributed by atoms with Crippen LogP contribution in [0.1, 0.15) is 13.8 Å². The van der Waals surface area contributed by atoms with E-state index < -0.39 is 19.4 Å². The van der Waals surface area contributed by atoms with E-state index in [1.807, 2.05) is 0 Å². The predicted molar refractivity (Wildman–Crippen MR) is 42.2 cm³/mol. The monoisotopic (exact) mass is 192 g/mol. The molecule has 1 heterocycles. The third-order valence-corrected chi connectivity index (χ3v) is 2.58. The summed E-state index contributed by atoms with van der Waals surface area (Å²) in [6.45, 7) is 3.53. The van der Waals surface area contributed by atoms with Crippen LogP contribution in [0.2, 0.25) is 0 Å². The van der Waals surface area contributed by atoms with E-state index in [0.717, 1.165) is 0 Å². The van der Waals surface area contributed by atoms with Crippen molar-refractivity contribution in [3.8, 4) is 12.3 Å². The van der Waals surface area contributed by atoms with Crippen LogP contribution in [0.15, 0.2) is 0 Å². The standard InChI is InChI=1S/C7H10FO3P/c1-4-6-7(2,3)5-10-12(8,9)11-6/h1,6H,5H2,2-3H3. The van der Waals surface area contributed by atoms with Gasteiger partial charge < -0.3 is 0 Å². The van der Waals surface area contributed by atoms with Crippen molar-refractivity contribution < 1.29 is 17.8 Å². The minimum Gasteiger partial charge on any atom is -0.283 e. The zero-order valence-electron chi connectivity index (χ0n) is 6.91. The number of rotatable bonds is 0. The van der Waals surface area contributed by atoms with Crippen LogP contribution in [-0.2, 0) is 13.6 Å². The lowest BCUT2D eigenvalue weighted by molar-refractivity contribution is -0.00778. The third kappa shape index (κ3) is 1.87. The highest BCUT2D eigenvalue weighted by molar-refractivity contribution is 7.48. The molecule has 1 saturated heterocycles. The molecule has 1 aliphatic heterocycles. The van der Waals surface area contributed by atoms with Crippen molar-refractivity contribution in [2.45, 2.75) is 20.0 Å². The van der Waals surface area contributed by atoms with Crippen LogP contribution in [-0.4, -0.2) is 12.7 Å². The third-order valence-electron chi connectivity index (χ3n) is 1.68. The van der Waals surface area contributed by atoms with Gasteiger partial charge in [-0.1, -0.05) is 19.8 Å². The van der Waals surface area contributed by atoms with Crippen LogP contribution in [0.3, 0.4) is 0 Å². The van der Waals surface area contributed by atoms with Crippen molar-refractivity contribution in [1.29, 1.82) is 0 Å². The number of hydrogen-bond donors (Lipinski definition) is 0. The molecular weight excluding hydrogens is 182 g/mol. The summed E-state index contributed by atoms with van der Waals surface area (Å²) in [5, 5.41) is 0. The molecule has 0 N–H and O–H groups in total. The van der Waals surface area contributed by atoms with Gasteiger partial charge in [0, 0.05) is 5.41 Å². The molecule has 0 radical (unpaired) electrons. The van der Waals surface area contributed by atoms with Crippen molar-refractivity contribution in [2.24, 2.45) is 5.41 Å². The van der Waals surface area contributed by atoms with E-state index in [4.69, 9.17) is 6.42 Å². The van der Waals surface area contributed by atoms with Crippen molar-refractivity contribution in [1.82, 2.24) is 0 Å². The van der Waals surface area contributed by atoms with Gasteiger partial charge in [-0.2, -0.15) is 0 Å². The topological polar surface area (TPSA) is 35.5 Å². The van der Waals surface area contributed by atoms with E-state index in [1.165, 1.54) is 0 Å². The van der Waals surface area contributed by atoms with E-state index in [1.54, 1.807) is 13.8 Å². The maximum Gasteiger partial charge on any atom is 0.514 e.